The largest absolute Gasteiger partial charge is 0.444 e. The van der Waals surface area contributed by atoms with Gasteiger partial charge in [0.1, 0.15) is 5.60 Å². The Labute approximate surface area is 155 Å². The molecule has 3 rings (SSSR count). The number of benzene rings is 1. The molecular weight excluding hydrogens is 328 g/mol. The van der Waals surface area contributed by atoms with Crippen LogP contribution in [0.3, 0.4) is 0 Å². The van der Waals surface area contributed by atoms with E-state index in [0.717, 1.165) is 31.2 Å². The fraction of sp³-hybridized carbons (Fsp3) is 0.619. The fourth-order valence-corrected chi connectivity index (χ4v) is 3.78. The van der Waals surface area contributed by atoms with E-state index in [1.54, 1.807) is 0 Å². The molecule has 2 atom stereocenters. The number of carbonyl (C=O) groups excluding carboxylic acids is 2. The smallest absolute Gasteiger partial charge is 0.407 e. The van der Waals surface area contributed by atoms with Crippen LogP contribution in [0.2, 0.25) is 0 Å². The van der Waals surface area contributed by atoms with Crippen molar-refractivity contribution in [3.63, 3.8) is 0 Å². The summed E-state index contributed by atoms with van der Waals surface area (Å²) in [5.74, 6) is 0.374. The summed E-state index contributed by atoms with van der Waals surface area (Å²) in [7, 11) is 0. The summed E-state index contributed by atoms with van der Waals surface area (Å²) in [6, 6.07) is 8.18. The second-order valence-corrected chi connectivity index (χ2v) is 8.83. The summed E-state index contributed by atoms with van der Waals surface area (Å²) in [5.41, 5.74) is 1.44. The maximum absolute atomic E-state index is 13.0. The van der Waals surface area contributed by atoms with E-state index in [1.165, 1.54) is 5.56 Å². The van der Waals surface area contributed by atoms with Gasteiger partial charge in [0.05, 0.1) is 11.5 Å². The molecule has 5 nitrogen and oxygen atoms in total. The molecule has 0 spiro atoms. The van der Waals surface area contributed by atoms with Crippen LogP contribution >= 0.6 is 0 Å². The molecule has 1 saturated carbocycles. The highest BCUT2D eigenvalue weighted by molar-refractivity contribution is 5.85. The fourth-order valence-electron chi connectivity index (χ4n) is 3.78. The monoisotopic (exact) mass is 358 g/mol. The van der Waals surface area contributed by atoms with Gasteiger partial charge in [-0.15, -0.1) is 0 Å². The maximum atomic E-state index is 13.0. The summed E-state index contributed by atoms with van der Waals surface area (Å²) in [6.45, 7) is 7.93. The standard InChI is InChI=1S/C21H30N2O3/c1-20(2,3)26-19(25)22-13-21(4,15-10-11-15)23-18(24)17-12-9-14-7-5-6-8-16(14)17/h5-8,15,17H,9-13H2,1-4H3,(H,22,25)(H,23,24). The van der Waals surface area contributed by atoms with E-state index < -0.39 is 17.2 Å². The number of carbonyl (C=O) groups is 2. The van der Waals surface area contributed by atoms with Gasteiger partial charge in [-0.05, 0) is 70.4 Å². The Kier molecular flexibility index (Phi) is 5.00. The van der Waals surface area contributed by atoms with Gasteiger partial charge in [0, 0.05) is 6.54 Å². The Bertz CT molecular complexity index is 691. The van der Waals surface area contributed by atoms with Crippen molar-refractivity contribution in [3.8, 4) is 0 Å². The molecule has 0 radical (unpaired) electrons. The Morgan fingerprint density at radius 2 is 1.81 bits per heavy atom. The summed E-state index contributed by atoms with van der Waals surface area (Å²) in [6.07, 6.45) is 3.52. The van der Waals surface area contributed by atoms with Crippen LogP contribution in [-0.4, -0.2) is 29.7 Å². The van der Waals surface area contributed by atoms with Crippen molar-refractivity contribution >= 4 is 12.0 Å². The average molecular weight is 358 g/mol. The molecule has 0 saturated heterocycles. The highest BCUT2D eigenvalue weighted by atomic mass is 16.6. The Balaban J connectivity index is 1.63. The Morgan fingerprint density at radius 1 is 1.12 bits per heavy atom. The first-order valence-electron chi connectivity index (χ1n) is 9.55. The van der Waals surface area contributed by atoms with Gasteiger partial charge in [0.2, 0.25) is 5.91 Å². The lowest BCUT2D eigenvalue weighted by atomic mass is 9.93. The van der Waals surface area contributed by atoms with E-state index in [2.05, 4.69) is 22.8 Å². The number of amides is 2. The lowest BCUT2D eigenvalue weighted by molar-refractivity contribution is -0.124. The first kappa shape index (κ1) is 18.7. The normalized spacial score (nSPS) is 21.5. The van der Waals surface area contributed by atoms with E-state index in [9.17, 15) is 9.59 Å². The number of fused-ring (bicyclic) bond motifs is 1. The molecule has 1 aromatic carbocycles. The maximum Gasteiger partial charge on any atom is 0.407 e. The minimum atomic E-state index is -0.531. The van der Waals surface area contributed by atoms with Crippen molar-refractivity contribution in [2.75, 3.05) is 6.54 Å². The molecule has 2 unspecified atom stereocenters. The lowest BCUT2D eigenvalue weighted by Crippen LogP contribution is -2.56. The Hall–Kier alpha value is -2.04. The zero-order valence-electron chi connectivity index (χ0n) is 16.2. The topological polar surface area (TPSA) is 67.4 Å². The molecule has 2 amide bonds. The van der Waals surface area contributed by atoms with Gasteiger partial charge in [-0.2, -0.15) is 0 Å². The third-order valence-electron chi connectivity index (χ3n) is 5.34. The number of hydrogen-bond donors (Lipinski definition) is 2. The predicted molar refractivity (Wildman–Crippen MR) is 101 cm³/mol. The second kappa shape index (κ2) is 6.93. The van der Waals surface area contributed by atoms with Gasteiger partial charge in [0.15, 0.2) is 0 Å². The van der Waals surface area contributed by atoms with Crippen LogP contribution in [0.25, 0.3) is 0 Å². The average Bonchev–Trinajstić information content (AvgIpc) is 3.31. The minimum absolute atomic E-state index is 0.0651. The molecular formula is C21H30N2O3. The van der Waals surface area contributed by atoms with E-state index >= 15 is 0 Å². The van der Waals surface area contributed by atoms with Crippen molar-refractivity contribution in [1.29, 1.82) is 0 Å². The molecule has 5 heteroatoms. The van der Waals surface area contributed by atoms with Crippen LogP contribution in [0, 0.1) is 5.92 Å². The zero-order chi connectivity index (χ0) is 18.9. The molecule has 142 valence electrons. The molecule has 26 heavy (non-hydrogen) atoms. The lowest BCUT2D eigenvalue weighted by Gasteiger charge is -2.33. The number of alkyl carbamates (subject to hydrolysis) is 1. The second-order valence-electron chi connectivity index (χ2n) is 8.83. The van der Waals surface area contributed by atoms with Gasteiger partial charge >= 0.3 is 6.09 Å². The van der Waals surface area contributed by atoms with Crippen LogP contribution in [0.4, 0.5) is 4.79 Å². The first-order chi connectivity index (χ1) is 12.2. The molecule has 2 N–H and O–H groups in total. The highest BCUT2D eigenvalue weighted by Gasteiger charge is 2.44. The first-order valence-corrected chi connectivity index (χ1v) is 9.55. The van der Waals surface area contributed by atoms with Crippen molar-refractivity contribution in [2.45, 2.75) is 70.4 Å². The highest BCUT2D eigenvalue weighted by Crippen LogP contribution is 2.40. The third kappa shape index (κ3) is 4.37. The van der Waals surface area contributed by atoms with E-state index in [1.807, 2.05) is 39.8 Å². The van der Waals surface area contributed by atoms with Crippen molar-refractivity contribution in [3.05, 3.63) is 35.4 Å². The van der Waals surface area contributed by atoms with Gasteiger partial charge in [-0.25, -0.2) is 4.79 Å². The zero-order valence-corrected chi connectivity index (χ0v) is 16.2. The molecule has 1 aromatic rings. The van der Waals surface area contributed by atoms with Gasteiger partial charge in [-0.3, -0.25) is 4.79 Å². The van der Waals surface area contributed by atoms with Gasteiger partial charge in [-0.1, -0.05) is 24.3 Å². The number of aryl methyl sites for hydroxylation is 1. The number of hydrogen-bond acceptors (Lipinski definition) is 3. The third-order valence-corrected chi connectivity index (χ3v) is 5.34. The van der Waals surface area contributed by atoms with E-state index in [0.29, 0.717) is 12.5 Å². The van der Waals surface area contributed by atoms with Crippen LogP contribution in [0.5, 0.6) is 0 Å². The van der Waals surface area contributed by atoms with Crippen molar-refractivity contribution in [2.24, 2.45) is 5.92 Å². The molecule has 0 heterocycles. The number of rotatable bonds is 5. The molecule has 0 aliphatic heterocycles. The number of nitrogens with one attached hydrogen (secondary N) is 2. The van der Waals surface area contributed by atoms with Crippen LogP contribution in [0.1, 0.15) is 64.0 Å². The van der Waals surface area contributed by atoms with E-state index in [4.69, 9.17) is 4.74 Å². The molecule has 0 aromatic heterocycles. The van der Waals surface area contributed by atoms with Crippen LogP contribution in [0.15, 0.2) is 24.3 Å². The summed E-state index contributed by atoms with van der Waals surface area (Å²) >= 11 is 0. The Morgan fingerprint density at radius 3 is 2.46 bits per heavy atom. The molecule has 1 fully saturated rings. The van der Waals surface area contributed by atoms with Crippen LogP contribution in [-0.2, 0) is 16.0 Å². The predicted octanol–water partition coefficient (Wildman–Crippen LogP) is 3.53. The molecule has 2 aliphatic rings. The summed E-state index contributed by atoms with van der Waals surface area (Å²) < 4.78 is 5.32. The van der Waals surface area contributed by atoms with Crippen molar-refractivity contribution in [1.82, 2.24) is 10.6 Å². The van der Waals surface area contributed by atoms with E-state index in [-0.39, 0.29) is 11.8 Å². The van der Waals surface area contributed by atoms with Crippen molar-refractivity contribution < 1.29 is 14.3 Å². The van der Waals surface area contributed by atoms with Crippen LogP contribution < -0.4 is 10.6 Å². The summed E-state index contributed by atoms with van der Waals surface area (Å²) in [5, 5.41) is 6.09. The van der Waals surface area contributed by atoms with Gasteiger partial charge in [0.25, 0.3) is 0 Å². The van der Waals surface area contributed by atoms with Gasteiger partial charge < -0.3 is 15.4 Å². The summed E-state index contributed by atoms with van der Waals surface area (Å²) in [4.78, 5) is 25.0. The SMILES string of the molecule is CC(C)(C)OC(=O)NCC(C)(NC(=O)C1CCc2ccccc21)C1CC1. The molecule has 0 bridgehead atoms. The minimum Gasteiger partial charge on any atom is -0.444 e. The quantitative estimate of drug-likeness (QED) is 0.846. The molecule has 2 aliphatic carbocycles. The number of ether oxygens (including phenoxy) is 1.